The lowest BCUT2D eigenvalue weighted by atomic mass is 10.2. The summed E-state index contributed by atoms with van der Waals surface area (Å²) in [6.45, 7) is 2.86. The zero-order chi connectivity index (χ0) is 16.4. The van der Waals surface area contributed by atoms with Crippen LogP contribution in [0.25, 0.3) is 5.69 Å². The zero-order valence-electron chi connectivity index (χ0n) is 14.1. The first-order valence-corrected chi connectivity index (χ1v) is 8.60. The summed E-state index contributed by atoms with van der Waals surface area (Å²) < 4.78 is 4.25. The first-order chi connectivity index (χ1) is 11.8. The highest BCUT2D eigenvalue weighted by Gasteiger charge is 2.13. The third-order valence-electron chi connectivity index (χ3n) is 4.50. The summed E-state index contributed by atoms with van der Waals surface area (Å²) in [5, 5.41) is 4.47. The average molecular weight is 321 g/mol. The van der Waals surface area contributed by atoms with E-state index >= 15 is 0 Å². The zero-order valence-corrected chi connectivity index (χ0v) is 14.1. The highest BCUT2D eigenvalue weighted by molar-refractivity contribution is 5.30. The van der Waals surface area contributed by atoms with E-state index in [1.807, 2.05) is 29.1 Å². The van der Waals surface area contributed by atoms with Gasteiger partial charge in [-0.2, -0.15) is 5.10 Å². The minimum absolute atomic E-state index is 0.870. The molecule has 0 atom stereocenters. The number of benzene rings is 1. The van der Waals surface area contributed by atoms with Crippen LogP contribution in [0.5, 0.6) is 0 Å². The summed E-state index contributed by atoms with van der Waals surface area (Å²) in [6, 6.07) is 10.2. The molecule has 0 saturated heterocycles. The Morgan fingerprint density at radius 3 is 2.79 bits per heavy atom. The molecular weight excluding hydrogens is 298 g/mol. The summed E-state index contributed by atoms with van der Waals surface area (Å²) in [5.74, 6) is 1.25. The fraction of sp³-hybridized carbons (Fsp3) is 0.368. The van der Waals surface area contributed by atoms with Crippen molar-refractivity contribution in [2.24, 2.45) is 0 Å². The van der Waals surface area contributed by atoms with Crippen LogP contribution in [0.3, 0.4) is 0 Å². The Hall–Kier alpha value is -2.40. The van der Waals surface area contributed by atoms with Gasteiger partial charge in [0.15, 0.2) is 0 Å². The molecule has 0 saturated carbocycles. The maximum Gasteiger partial charge on any atom is 0.109 e. The molecule has 3 aromatic rings. The van der Waals surface area contributed by atoms with Crippen molar-refractivity contribution in [3.63, 3.8) is 0 Å². The summed E-state index contributed by atoms with van der Waals surface area (Å²) in [4.78, 5) is 7.08. The Bertz CT molecular complexity index is 779. The van der Waals surface area contributed by atoms with Crippen LogP contribution >= 0.6 is 0 Å². The Balaban J connectivity index is 1.40. The molecule has 1 aromatic carbocycles. The predicted molar refractivity (Wildman–Crippen MR) is 93.9 cm³/mol. The molecule has 0 fully saturated rings. The summed E-state index contributed by atoms with van der Waals surface area (Å²) >= 11 is 0. The molecule has 0 bridgehead atoms. The molecule has 4 rings (SSSR count). The molecule has 124 valence electrons. The molecule has 0 amide bonds. The van der Waals surface area contributed by atoms with Crippen molar-refractivity contribution in [1.29, 1.82) is 0 Å². The van der Waals surface area contributed by atoms with E-state index in [0.29, 0.717) is 0 Å². The van der Waals surface area contributed by atoms with Crippen molar-refractivity contribution in [2.75, 3.05) is 7.05 Å². The van der Waals surface area contributed by atoms with E-state index in [0.717, 1.165) is 31.7 Å². The highest BCUT2D eigenvalue weighted by Crippen LogP contribution is 2.16. The number of para-hydroxylation sites is 1. The standard InChI is InChI=1S/C19H23N5/c1-22(14-17-15-23-10-6-5-9-19(23)21-17)12-16-11-20-24(13-16)18-7-3-2-4-8-18/h2-4,7-8,11,13,15H,5-6,9-10,12,14H2,1H3. The van der Waals surface area contributed by atoms with E-state index in [1.54, 1.807) is 0 Å². The predicted octanol–water partition coefficient (Wildman–Crippen LogP) is 3.04. The van der Waals surface area contributed by atoms with Crippen molar-refractivity contribution < 1.29 is 0 Å². The van der Waals surface area contributed by atoms with Crippen LogP contribution in [0.4, 0.5) is 0 Å². The van der Waals surface area contributed by atoms with E-state index < -0.39 is 0 Å². The lowest BCUT2D eigenvalue weighted by Gasteiger charge is -2.13. The Kier molecular flexibility index (Phi) is 4.17. The van der Waals surface area contributed by atoms with Crippen molar-refractivity contribution in [2.45, 2.75) is 38.9 Å². The largest absolute Gasteiger partial charge is 0.335 e. The molecule has 5 nitrogen and oxygen atoms in total. The molecule has 0 unspecified atom stereocenters. The van der Waals surface area contributed by atoms with Crippen molar-refractivity contribution in [3.05, 3.63) is 66.0 Å². The first kappa shape index (κ1) is 15.1. The third kappa shape index (κ3) is 3.26. The van der Waals surface area contributed by atoms with E-state index in [-0.39, 0.29) is 0 Å². The van der Waals surface area contributed by atoms with Crippen molar-refractivity contribution >= 4 is 0 Å². The fourth-order valence-electron chi connectivity index (χ4n) is 3.36. The monoisotopic (exact) mass is 321 g/mol. The molecule has 0 spiro atoms. The van der Waals surface area contributed by atoms with Gasteiger partial charge in [-0.15, -0.1) is 0 Å². The lowest BCUT2D eigenvalue weighted by molar-refractivity contribution is 0.315. The molecule has 1 aliphatic rings. The Labute approximate surface area is 142 Å². The molecule has 0 N–H and O–H groups in total. The van der Waals surface area contributed by atoms with Gasteiger partial charge in [-0.3, -0.25) is 4.90 Å². The number of hydrogen-bond donors (Lipinski definition) is 0. The van der Waals surface area contributed by atoms with E-state index in [2.05, 4.69) is 46.1 Å². The fourth-order valence-corrected chi connectivity index (χ4v) is 3.36. The van der Waals surface area contributed by atoms with Gasteiger partial charge in [-0.1, -0.05) is 18.2 Å². The van der Waals surface area contributed by atoms with Gasteiger partial charge in [-0.25, -0.2) is 9.67 Å². The van der Waals surface area contributed by atoms with Crippen molar-refractivity contribution in [3.8, 4) is 5.69 Å². The number of rotatable bonds is 5. The number of hydrogen-bond acceptors (Lipinski definition) is 3. The van der Waals surface area contributed by atoms with Crippen LogP contribution in [0.1, 0.15) is 29.9 Å². The van der Waals surface area contributed by atoms with Crippen LogP contribution in [0.15, 0.2) is 48.9 Å². The molecule has 3 heterocycles. The van der Waals surface area contributed by atoms with Gasteiger partial charge in [0.25, 0.3) is 0 Å². The second-order valence-electron chi connectivity index (χ2n) is 6.60. The van der Waals surface area contributed by atoms with E-state index in [9.17, 15) is 0 Å². The quantitative estimate of drug-likeness (QED) is 0.725. The van der Waals surface area contributed by atoms with Gasteiger partial charge in [0.1, 0.15) is 5.82 Å². The van der Waals surface area contributed by atoms with Gasteiger partial charge < -0.3 is 4.57 Å². The van der Waals surface area contributed by atoms with E-state index in [1.165, 1.54) is 29.9 Å². The van der Waals surface area contributed by atoms with Crippen LogP contribution in [0, 0.1) is 0 Å². The normalized spacial score (nSPS) is 14.1. The average Bonchev–Trinajstić information content (AvgIpc) is 3.21. The highest BCUT2D eigenvalue weighted by atomic mass is 15.3. The minimum atomic E-state index is 0.870. The van der Waals surface area contributed by atoms with Gasteiger partial charge >= 0.3 is 0 Å². The van der Waals surface area contributed by atoms with E-state index in [4.69, 9.17) is 4.98 Å². The number of imidazole rings is 1. The van der Waals surface area contributed by atoms with Crippen LogP contribution in [0.2, 0.25) is 0 Å². The molecule has 2 aromatic heterocycles. The number of fused-ring (bicyclic) bond motifs is 1. The smallest absolute Gasteiger partial charge is 0.109 e. The van der Waals surface area contributed by atoms with Gasteiger partial charge in [-0.05, 0) is 32.0 Å². The number of nitrogens with zero attached hydrogens (tertiary/aromatic N) is 5. The number of aromatic nitrogens is 4. The van der Waals surface area contributed by atoms with Crippen molar-refractivity contribution in [1.82, 2.24) is 24.2 Å². The lowest BCUT2D eigenvalue weighted by Crippen LogP contribution is -2.17. The molecular formula is C19H23N5. The second kappa shape index (κ2) is 6.61. The third-order valence-corrected chi connectivity index (χ3v) is 4.50. The second-order valence-corrected chi connectivity index (χ2v) is 6.60. The molecule has 1 aliphatic heterocycles. The SMILES string of the molecule is CN(Cc1cnn(-c2ccccc2)c1)Cc1cn2c(n1)CCCC2. The van der Waals surface area contributed by atoms with Crippen LogP contribution in [-0.2, 0) is 26.1 Å². The maximum absolute atomic E-state index is 4.79. The van der Waals surface area contributed by atoms with Gasteiger partial charge in [0.2, 0.25) is 0 Å². The maximum atomic E-state index is 4.79. The number of aryl methyl sites for hydroxylation is 2. The Morgan fingerprint density at radius 2 is 1.96 bits per heavy atom. The topological polar surface area (TPSA) is 38.9 Å². The summed E-state index contributed by atoms with van der Waals surface area (Å²) in [7, 11) is 2.14. The molecule has 5 heteroatoms. The molecule has 0 radical (unpaired) electrons. The summed E-state index contributed by atoms with van der Waals surface area (Å²) in [6.07, 6.45) is 9.93. The Morgan fingerprint density at radius 1 is 1.08 bits per heavy atom. The van der Waals surface area contributed by atoms with Crippen LogP contribution < -0.4 is 0 Å². The summed E-state index contributed by atoms with van der Waals surface area (Å²) in [5.41, 5.74) is 3.48. The molecule has 0 aliphatic carbocycles. The molecule has 24 heavy (non-hydrogen) atoms. The van der Waals surface area contributed by atoms with Crippen LogP contribution in [-0.4, -0.2) is 31.3 Å². The first-order valence-electron chi connectivity index (χ1n) is 8.60. The minimum Gasteiger partial charge on any atom is -0.335 e. The van der Waals surface area contributed by atoms with Gasteiger partial charge in [0, 0.05) is 44.0 Å². The van der Waals surface area contributed by atoms with Gasteiger partial charge in [0.05, 0.1) is 17.6 Å².